The molecule has 0 aliphatic heterocycles. The van der Waals surface area contributed by atoms with E-state index in [9.17, 15) is 9.90 Å². The van der Waals surface area contributed by atoms with Crippen molar-refractivity contribution >= 4 is 5.91 Å². The van der Waals surface area contributed by atoms with Crippen LogP contribution in [0.2, 0.25) is 0 Å². The normalized spacial score (nSPS) is 16.6. The molecule has 21 heavy (non-hydrogen) atoms. The molecule has 1 aliphatic rings. The maximum Gasteiger partial charge on any atom is 0.251 e. The van der Waals surface area contributed by atoms with Gasteiger partial charge >= 0.3 is 0 Å². The highest BCUT2D eigenvalue weighted by Gasteiger charge is 2.31. The Morgan fingerprint density at radius 3 is 2.24 bits per heavy atom. The van der Waals surface area contributed by atoms with Gasteiger partial charge in [0.05, 0.1) is 19.8 Å². The highest BCUT2D eigenvalue weighted by molar-refractivity contribution is 5.95. The van der Waals surface area contributed by atoms with Gasteiger partial charge in [-0.3, -0.25) is 4.79 Å². The summed E-state index contributed by atoms with van der Waals surface area (Å²) in [5.74, 6) is 0.991. The molecule has 2 rings (SSSR count). The largest absolute Gasteiger partial charge is 0.496 e. The van der Waals surface area contributed by atoms with E-state index in [-0.39, 0.29) is 12.5 Å². The lowest BCUT2D eigenvalue weighted by atomic mass is 10.0. The Bertz CT molecular complexity index is 496. The molecule has 5 heteroatoms. The van der Waals surface area contributed by atoms with Gasteiger partial charge in [0, 0.05) is 17.7 Å². The third kappa shape index (κ3) is 3.47. The molecule has 0 spiro atoms. The first kappa shape index (κ1) is 15.6. The Hall–Kier alpha value is -1.75. The number of ether oxygens (including phenoxy) is 2. The zero-order valence-electron chi connectivity index (χ0n) is 12.9. The van der Waals surface area contributed by atoms with Crippen LogP contribution in [0.25, 0.3) is 0 Å². The standard InChI is InChI=1S/C16H23NO4/c1-11-13(20-2)8-12(9-14(11)21-3)15(18)17-10-16(19)6-4-5-7-16/h8-9,19H,4-7,10H2,1-3H3,(H,17,18). The summed E-state index contributed by atoms with van der Waals surface area (Å²) < 4.78 is 10.5. The molecule has 1 saturated carbocycles. The summed E-state index contributed by atoms with van der Waals surface area (Å²) in [7, 11) is 3.12. The van der Waals surface area contributed by atoms with Crippen LogP contribution < -0.4 is 14.8 Å². The van der Waals surface area contributed by atoms with Gasteiger partial charge in [0.2, 0.25) is 0 Å². The fraction of sp³-hybridized carbons (Fsp3) is 0.562. The summed E-state index contributed by atoms with van der Waals surface area (Å²) in [6, 6.07) is 3.37. The second-order valence-corrected chi connectivity index (χ2v) is 5.62. The summed E-state index contributed by atoms with van der Waals surface area (Å²) in [5.41, 5.74) is 0.566. The van der Waals surface area contributed by atoms with Crippen LogP contribution in [0.3, 0.4) is 0 Å². The van der Waals surface area contributed by atoms with E-state index in [1.165, 1.54) is 0 Å². The number of benzene rings is 1. The molecule has 0 unspecified atom stereocenters. The smallest absolute Gasteiger partial charge is 0.251 e. The third-order valence-corrected chi connectivity index (χ3v) is 4.13. The van der Waals surface area contributed by atoms with Crippen molar-refractivity contribution in [1.82, 2.24) is 5.32 Å². The van der Waals surface area contributed by atoms with E-state index in [0.29, 0.717) is 17.1 Å². The SMILES string of the molecule is COc1cc(C(=O)NCC2(O)CCCC2)cc(OC)c1C. The summed E-state index contributed by atoms with van der Waals surface area (Å²) in [6.07, 6.45) is 3.51. The number of carbonyl (C=O) groups is 1. The van der Waals surface area contributed by atoms with Gasteiger partial charge in [0.25, 0.3) is 5.91 Å². The van der Waals surface area contributed by atoms with Gasteiger partial charge in [-0.15, -0.1) is 0 Å². The maximum atomic E-state index is 12.3. The van der Waals surface area contributed by atoms with Crippen molar-refractivity contribution in [2.75, 3.05) is 20.8 Å². The summed E-state index contributed by atoms with van der Waals surface area (Å²) in [6.45, 7) is 2.16. The van der Waals surface area contributed by atoms with E-state index in [4.69, 9.17) is 9.47 Å². The molecule has 116 valence electrons. The molecule has 0 saturated heterocycles. The van der Waals surface area contributed by atoms with Crippen LogP contribution in [0.1, 0.15) is 41.6 Å². The van der Waals surface area contributed by atoms with Gasteiger partial charge in [-0.1, -0.05) is 12.8 Å². The van der Waals surface area contributed by atoms with Crippen molar-refractivity contribution in [3.8, 4) is 11.5 Å². The van der Waals surface area contributed by atoms with E-state index in [2.05, 4.69) is 5.32 Å². The first-order valence-corrected chi connectivity index (χ1v) is 7.22. The molecular formula is C16H23NO4. The highest BCUT2D eigenvalue weighted by atomic mass is 16.5. The maximum absolute atomic E-state index is 12.3. The first-order chi connectivity index (χ1) is 9.99. The van der Waals surface area contributed by atoms with Crippen LogP contribution in [0, 0.1) is 6.92 Å². The highest BCUT2D eigenvalue weighted by Crippen LogP contribution is 2.30. The molecule has 1 aromatic carbocycles. The third-order valence-electron chi connectivity index (χ3n) is 4.13. The number of methoxy groups -OCH3 is 2. The number of rotatable bonds is 5. The molecular weight excluding hydrogens is 270 g/mol. The zero-order valence-corrected chi connectivity index (χ0v) is 12.9. The van der Waals surface area contributed by atoms with Crippen LogP contribution >= 0.6 is 0 Å². The number of hydrogen-bond acceptors (Lipinski definition) is 4. The van der Waals surface area contributed by atoms with E-state index in [1.54, 1.807) is 26.4 Å². The Balaban J connectivity index is 2.11. The molecule has 1 aromatic rings. The molecule has 1 aliphatic carbocycles. The Morgan fingerprint density at radius 1 is 1.24 bits per heavy atom. The second-order valence-electron chi connectivity index (χ2n) is 5.62. The lowest BCUT2D eigenvalue weighted by Gasteiger charge is -2.22. The van der Waals surface area contributed by atoms with Crippen LogP contribution in [0.5, 0.6) is 11.5 Å². The Kier molecular flexibility index (Phi) is 4.73. The molecule has 1 amide bonds. The van der Waals surface area contributed by atoms with Gasteiger partial charge in [0.15, 0.2) is 0 Å². The number of hydrogen-bond donors (Lipinski definition) is 2. The van der Waals surface area contributed by atoms with Gasteiger partial charge in [-0.2, -0.15) is 0 Å². The van der Waals surface area contributed by atoms with Crippen LogP contribution in [-0.4, -0.2) is 37.4 Å². The summed E-state index contributed by atoms with van der Waals surface area (Å²) in [4.78, 5) is 12.3. The van der Waals surface area contributed by atoms with Crippen LogP contribution in [-0.2, 0) is 0 Å². The lowest BCUT2D eigenvalue weighted by Crippen LogP contribution is -2.40. The Morgan fingerprint density at radius 2 is 1.76 bits per heavy atom. The molecule has 0 radical (unpaired) electrons. The van der Waals surface area contributed by atoms with Gasteiger partial charge in [-0.25, -0.2) is 0 Å². The predicted molar refractivity (Wildman–Crippen MR) is 80.0 cm³/mol. The summed E-state index contributed by atoms with van der Waals surface area (Å²) in [5, 5.41) is 13.1. The van der Waals surface area contributed by atoms with E-state index in [1.807, 2.05) is 6.92 Å². The molecule has 0 heterocycles. The average molecular weight is 293 g/mol. The van der Waals surface area contributed by atoms with Crippen molar-refractivity contribution in [3.05, 3.63) is 23.3 Å². The Labute approximate surface area is 125 Å². The number of carbonyl (C=O) groups excluding carboxylic acids is 1. The second kappa shape index (κ2) is 6.35. The average Bonchev–Trinajstić information content (AvgIpc) is 2.92. The molecule has 2 N–H and O–H groups in total. The molecule has 0 aromatic heterocycles. The predicted octanol–water partition coefficient (Wildman–Crippen LogP) is 2.05. The van der Waals surface area contributed by atoms with Crippen molar-refractivity contribution in [2.45, 2.75) is 38.2 Å². The minimum atomic E-state index is -0.755. The monoisotopic (exact) mass is 293 g/mol. The van der Waals surface area contributed by atoms with E-state index >= 15 is 0 Å². The molecule has 5 nitrogen and oxygen atoms in total. The van der Waals surface area contributed by atoms with Crippen molar-refractivity contribution < 1.29 is 19.4 Å². The topological polar surface area (TPSA) is 67.8 Å². The fourth-order valence-electron chi connectivity index (χ4n) is 2.77. The number of aliphatic hydroxyl groups is 1. The first-order valence-electron chi connectivity index (χ1n) is 7.22. The van der Waals surface area contributed by atoms with Crippen LogP contribution in [0.15, 0.2) is 12.1 Å². The number of amides is 1. The van der Waals surface area contributed by atoms with Gasteiger partial charge < -0.3 is 19.9 Å². The van der Waals surface area contributed by atoms with Crippen molar-refractivity contribution in [1.29, 1.82) is 0 Å². The van der Waals surface area contributed by atoms with Gasteiger partial charge in [-0.05, 0) is 31.9 Å². The minimum absolute atomic E-state index is 0.230. The summed E-state index contributed by atoms with van der Waals surface area (Å²) >= 11 is 0. The lowest BCUT2D eigenvalue weighted by molar-refractivity contribution is 0.0449. The zero-order chi connectivity index (χ0) is 15.5. The molecule has 0 atom stereocenters. The van der Waals surface area contributed by atoms with Gasteiger partial charge in [0.1, 0.15) is 11.5 Å². The fourth-order valence-corrected chi connectivity index (χ4v) is 2.77. The van der Waals surface area contributed by atoms with Crippen molar-refractivity contribution in [3.63, 3.8) is 0 Å². The van der Waals surface area contributed by atoms with Crippen LogP contribution in [0.4, 0.5) is 0 Å². The molecule has 1 fully saturated rings. The van der Waals surface area contributed by atoms with E-state index < -0.39 is 5.60 Å². The minimum Gasteiger partial charge on any atom is -0.496 e. The molecule has 0 bridgehead atoms. The van der Waals surface area contributed by atoms with E-state index in [0.717, 1.165) is 31.2 Å². The number of nitrogens with one attached hydrogen (secondary N) is 1. The van der Waals surface area contributed by atoms with Crippen molar-refractivity contribution in [2.24, 2.45) is 0 Å². The quantitative estimate of drug-likeness (QED) is 0.872.